The third-order valence-electron chi connectivity index (χ3n) is 10.8. The van der Waals surface area contributed by atoms with Gasteiger partial charge in [0.05, 0.1) is 58.1 Å². The molecule has 0 spiro atoms. The first-order chi connectivity index (χ1) is 42.4. The van der Waals surface area contributed by atoms with Gasteiger partial charge in [-0.15, -0.1) is 0 Å². The predicted molar refractivity (Wildman–Crippen MR) is 416 cm³/mol. The number of non-ortho nitro benzene ring substituents is 1. The van der Waals surface area contributed by atoms with Crippen molar-refractivity contribution in [3.8, 4) is 23.4 Å². The van der Waals surface area contributed by atoms with E-state index in [1.54, 1.807) is 207 Å². The molecule has 20 nitrogen and oxygen atoms in total. The smallest absolute Gasteiger partial charge is 0.399 e. The molecular formula is C42H38BClN16O4S24. The standard InChI is InChI=1S/C18H14N8.C12H15BN2O2.C12H9ClN6O2.2S12/c19-8-14-7-12(5-6-22-14)16-15-9-23-26(17(15)25-18(21)24-16)10-11-1-3-13(20)4-2-11;1-11(2)12(3,4)17-13(16-11)9-5-6-15-10(7-9)8-14;13-10-9-5-15-18(11(9)17-12(14)16-10)6-7-1-3-8(4-2-7)19(20)21;2*1-3-5-7-9-11-12-10-8-6-4-2/h1-7,9H,10,20H2,(H2,21,24,25);5-7H,1-4H3;1-5H,6H2,(H2,14,16,17);;. The van der Waals surface area contributed by atoms with Gasteiger partial charge in [-0.05, 0) is 80.7 Å². The molecule has 0 bridgehead atoms. The molecule has 464 valence electrons. The average Bonchev–Trinajstić information content (AvgIpc) is 2.37. The lowest BCUT2D eigenvalue weighted by atomic mass is 9.79. The molecular weight excluding hydrogens is 1610 g/mol. The summed E-state index contributed by atoms with van der Waals surface area (Å²) in [7, 11) is 32.1. The number of nitro groups is 1. The Hall–Kier alpha value is -2.83. The van der Waals surface area contributed by atoms with E-state index in [0.29, 0.717) is 52.5 Å². The Kier molecular flexibility index (Phi) is 35.4. The highest BCUT2D eigenvalue weighted by molar-refractivity contribution is 8.76. The molecule has 88 heavy (non-hydrogen) atoms. The van der Waals surface area contributed by atoms with Gasteiger partial charge in [0.15, 0.2) is 11.3 Å². The van der Waals surface area contributed by atoms with Crippen LogP contribution < -0.4 is 22.7 Å². The van der Waals surface area contributed by atoms with E-state index in [-0.39, 0.29) is 33.9 Å². The van der Waals surface area contributed by atoms with Crippen molar-refractivity contribution in [1.29, 1.82) is 10.5 Å². The lowest BCUT2D eigenvalue weighted by Crippen LogP contribution is -2.41. The summed E-state index contributed by atoms with van der Waals surface area (Å²) in [4.78, 5) is 34.7. The Morgan fingerprint density at radius 2 is 1.00 bits per heavy atom. The van der Waals surface area contributed by atoms with Crippen LogP contribution in [0.3, 0.4) is 0 Å². The second kappa shape index (κ2) is 41.0. The van der Waals surface area contributed by atoms with E-state index in [4.69, 9.17) is 48.6 Å². The third-order valence-corrected chi connectivity index (χ3v) is 51.1. The van der Waals surface area contributed by atoms with E-state index < -0.39 is 12.0 Å². The summed E-state index contributed by atoms with van der Waals surface area (Å²) in [5.41, 5.74) is 23.1. The Morgan fingerprint density at radius 1 is 0.591 bits per heavy atom. The summed E-state index contributed by atoms with van der Waals surface area (Å²) < 4.78 is 15.2. The van der Waals surface area contributed by atoms with Crippen LogP contribution in [-0.4, -0.2) is 72.7 Å². The number of halogens is 1. The van der Waals surface area contributed by atoms with Crippen molar-refractivity contribution in [1.82, 2.24) is 49.5 Å². The van der Waals surface area contributed by atoms with E-state index >= 15 is 0 Å². The van der Waals surface area contributed by atoms with E-state index in [9.17, 15) is 10.1 Å². The average molecular weight is 1650 g/mol. The minimum Gasteiger partial charge on any atom is -0.399 e. The molecule has 1 aliphatic heterocycles. The van der Waals surface area contributed by atoms with Crippen LogP contribution in [0.2, 0.25) is 5.15 Å². The Morgan fingerprint density at radius 3 is 1.45 bits per heavy atom. The number of hydrogen-bond donors (Lipinski definition) is 3. The summed E-state index contributed by atoms with van der Waals surface area (Å²) in [6.07, 6.45) is 6.42. The number of nitrogens with two attached hydrogens (primary N) is 3. The van der Waals surface area contributed by atoms with Crippen molar-refractivity contribution in [2.45, 2.75) is 52.0 Å². The number of hydrogen-bond acceptors (Lipinski definition) is 21. The van der Waals surface area contributed by atoms with Gasteiger partial charge < -0.3 is 26.5 Å². The van der Waals surface area contributed by atoms with E-state index in [0.717, 1.165) is 27.5 Å². The number of rotatable bonds is 7. The molecule has 1 saturated heterocycles. The predicted octanol–water partition coefficient (Wildman–Crippen LogP) is 5.19. The second-order valence-corrected chi connectivity index (χ2v) is 52.4. The summed E-state index contributed by atoms with van der Waals surface area (Å²) >= 11 is 24.7. The zero-order chi connectivity index (χ0) is 63.9. The number of anilines is 3. The van der Waals surface area contributed by atoms with Crippen LogP contribution in [0.1, 0.15) is 50.2 Å². The summed E-state index contributed by atoms with van der Waals surface area (Å²) in [5, 5.41) is 38.7. The number of aromatic nitrogens is 10. The van der Waals surface area contributed by atoms with Gasteiger partial charge in [0, 0.05) is 258 Å². The number of pyridine rings is 2. The fraction of sp³-hybridized carbons (Fsp3) is 0.190. The summed E-state index contributed by atoms with van der Waals surface area (Å²) in [5.74, 6) is 0.208. The molecule has 6 aromatic heterocycles. The first-order valence-electron chi connectivity index (χ1n) is 23.0. The highest BCUT2D eigenvalue weighted by Crippen LogP contribution is 2.36. The molecule has 0 aliphatic carbocycles. The molecule has 0 saturated carbocycles. The van der Waals surface area contributed by atoms with Gasteiger partial charge in [-0.2, -0.15) is 30.7 Å². The molecule has 1 aliphatic rings. The van der Waals surface area contributed by atoms with Gasteiger partial charge in [-0.3, -0.25) is 10.1 Å². The quantitative estimate of drug-likeness (QED) is 0.0608. The lowest BCUT2D eigenvalue weighted by molar-refractivity contribution is -0.384. The van der Waals surface area contributed by atoms with Crippen molar-refractivity contribution < 1.29 is 14.2 Å². The number of nitrogen functional groups attached to an aromatic ring is 3. The van der Waals surface area contributed by atoms with Crippen molar-refractivity contribution in [3.63, 3.8) is 0 Å². The molecule has 1 fully saturated rings. The van der Waals surface area contributed by atoms with Crippen LogP contribution in [-0.2, 0) is 245 Å². The first-order valence-corrected chi connectivity index (χ1v) is 52.7. The van der Waals surface area contributed by atoms with Crippen LogP contribution in [0, 0.1) is 32.8 Å². The number of nitrogens with zero attached hydrogens (tertiary/aromatic N) is 13. The normalized spacial score (nSPS) is 11.8. The molecule has 0 unspecified atom stereocenters. The fourth-order valence-corrected chi connectivity index (χ4v) is 50.6. The van der Waals surface area contributed by atoms with Crippen LogP contribution in [0.15, 0.2) is 97.6 Å². The third kappa shape index (κ3) is 25.6. The summed E-state index contributed by atoms with van der Waals surface area (Å²) in [6, 6.07) is 24.8. The lowest BCUT2D eigenvalue weighted by Gasteiger charge is -2.32. The molecule has 8 aromatic rings. The zero-order valence-electron chi connectivity index (χ0n) is 44.6. The van der Waals surface area contributed by atoms with Crippen molar-refractivity contribution in [2.75, 3.05) is 17.2 Å². The second-order valence-electron chi connectivity index (χ2n) is 16.6. The minimum atomic E-state index is -0.444. The maximum absolute atomic E-state index is 10.6. The number of nitro benzene ring substituents is 1. The largest absolute Gasteiger partial charge is 0.494 e. The minimum absolute atomic E-state index is 0.0405. The van der Waals surface area contributed by atoms with Gasteiger partial charge in [-0.25, -0.2) is 29.3 Å². The fourth-order valence-electron chi connectivity index (χ4n) is 6.51. The molecule has 7 heterocycles. The zero-order valence-corrected chi connectivity index (χ0v) is 64.9. The van der Waals surface area contributed by atoms with E-state index in [2.05, 4.69) is 84.9 Å². The Balaban J connectivity index is 0.000000208. The summed E-state index contributed by atoms with van der Waals surface area (Å²) in [6.45, 7) is 8.92. The molecule has 6 N–H and O–H groups in total. The van der Waals surface area contributed by atoms with Crippen LogP contribution in [0.5, 0.6) is 0 Å². The topological polar surface area (TPSA) is 300 Å². The van der Waals surface area contributed by atoms with E-state index in [1.807, 2.05) is 70.2 Å². The van der Waals surface area contributed by atoms with Gasteiger partial charge in [-0.1, -0.05) is 35.9 Å². The SMILES string of the molecule is CC1(C)OB(c2ccnc(C#N)c2)OC1(C)C.N#Cc1cc(-c2nc(N)nc3c2cnn3Cc2ccc(N)cc2)ccn1.Nc1nc(Cl)c2cnn(Cc3ccc([N+](=O)[O-])cc3)c2n1.S=S=S=S=S=S=S=S=S=S=S=S.S=S=S=S=S=S=S=S=S=S=S=S. The monoisotopic (exact) mass is 1640 g/mol. The maximum Gasteiger partial charge on any atom is 0.494 e. The van der Waals surface area contributed by atoms with Crippen molar-refractivity contribution in [3.05, 3.63) is 135 Å². The molecule has 0 atom stereocenters. The van der Waals surface area contributed by atoms with Crippen molar-refractivity contribution in [2.24, 2.45) is 0 Å². The van der Waals surface area contributed by atoms with Gasteiger partial charge in [0.2, 0.25) is 11.9 Å². The van der Waals surface area contributed by atoms with Crippen LogP contribution >= 0.6 is 11.6 Å². The van der Waals surface area contributed by atoms with Gasteiger partial charge in [0.25, 0.3) is 5.69 Å². The molecule has 46 heteroatoms. The number of nitriles is 2. The Labute approximate surface area is 585 Å². The van der Waals surface area contributed by atoms with E-state index in [1.165, 1.54) is 47.7 Å². The highest BCUT2D eigenvalue weighted by atomic mass is 35.5. The van der Waals surface area contributed by atoms with Gasteiger partial charge >= 0.3 is 7.12 Å². The molecule has 0 amide bonds. The maximum atomic E-state index is 10.6. The molecule has 0 radical (unpaired) electrons. The highest BCUT2D eigenvalue weighted by Gasteiger charge is 2.51. The molecule has 9 rings (SSSR count). The molecule has 2 aromatic carbocycles. The van der Waals surface area contributed by atoms with Crippen LogP contribution in [0.4, 0.5) is 23.3 Å². The van der Waals surface area contributed by atoms with Crippen LogP contribution in [0.25, 0.3) is 33.3 Å². The first kappa shape index (κ1) is 75.9. The van der Waals surface area contributed by atoms with Gasteiger partial charge in [0.1, 0.15) is 28.7 Å². The van der Waals surface area contributed by atoms with Crippen molar-refractivity contribution >= 4 is 292 Å². The Bertz CT molecular complexity index is 4710. The number of fused-ring (bicyclic) bond motifs is 2. The number of benzene rings is 2.